The van der Waals surface area contributed by atoms with Crippen LogP contribution in [0.25, 0.3) is 5.82 Å². The number of pyridine rings is 1. The highest BCUT2D eigenvalue weighted by molar-refractivity contribution is 8.05. The Labute approximate surface area is 212 Å². The number of nitrogens with zero attached hydrogens (tertiary/aromatic N) is 4. The monoisotopic (exact) mass is 523 g/mol. The standard InChI is InChI=1S/C24H28ClF2N5O2S/c1-15-18(13-32(30-15)22-17(4-3-7-28-22)11-29-16(2)33)12-31-8-5-23(6-9-31)21-19(10-20(25)35-21)24(26,27)14-34-23/h3-4,7,10,13,19,21H,5-6,8-9,11-12,14H2,1-2H3,(H,29,33). The van der Waals surface area contributed by atoms with E-state index in [1.807, 2.05) is 25.3 Å². The maximum Gasteiger partial charge on any atom is 0.278 e. The van der Waals surface area contributed by atoms with Gasteiger partial charge in [0.15, 0.2) is 5.82 Å². The Morgan fingerprint density at radius 1 is 1.34 bits per heavy atom. The zero-order valence-corrected chi connectivity index (χ0v) is 21.2. The van der Waals surface area contributed by atoms with Crippen molar-refractivity contribution in [2.75, 3.05) is 19.7 Å². The topological polar surface area (TPSA) is 72.3 Å². The highest BCUT2D eigenvalue weighted by atomic mass is 35.5. The molecule has 0 bridgehead atoms. The zero-order valence-electron chi connectivity index (χ0n) is 19.6. The van der Waals surface area contributed by atoms with Crippen LogP contribution >= 0.6 is 23.4 Å². The number of halogens is 3. The molecule has 7 nitrogen and oxygen atoms in total. The van der Waals surface area contributed by atoms with Gasteiger partial charge in [-0.05, 0) is 31.9 Å². The Morgan fingerprint density at radius 3 is 2.86 bits per heavy atom. The van der Waals surface area contributed by atoms with E-state index in [9.17, 15) is 13.6 Å². The Morgan fingerprint density at radius 2 is 2.11 bits per heavy atom. The zero-order chi connectivity index (χ0) is 24.8. The van der Waals surface area contributed by atoms with Crippen molar-refractivity contribution in [3.8, 4) is 5.82 Å². The summed E-state index contributed by atoms with van der Waals surface area (Å²) >= 11 is 7.49. The van der Waals surface area contributed by atoms with Crippen molar-refractivity contribution in [3.63, 3.8) is 0 Å². The van der Waals surface area contributed by atoms with Crippen LogP contribution in [0.4, 0.5) is 8.78 Å². The van der Waals surface area contributed by atoms with E-state index in [0.717, 1.165) is 29.9 Å². The van der Waals surface area contributed by atoms with Crippen LogP contribution in [0, 0.1) is 12.8 Å². The number of aryl methyl sites for hydroxylation is 1. The molecule has 5 rings (SSSR count). The van der Waals surface area contributed by atoms with Crippen molar-refractivity contribution in [1.82, 2.24) is 25.0 Å². The van der Waals surface area contributed by atoms with E-state index in [2.05, 4.69) is 20.3 Å². The number of thioether (sulfide) groups is 1. The number of nitrogens with one attached hydrogen (secondary N) is 1. The lowest BCUT2D eigenvalue weighted by atomic mass is 9.77. The summed E-state index contributed by atoms with van der Waals surface area (Å²) in [5.74, 6) is -3.18. The molecular formula is C24H28ClF2N5O2S. The summed E-state index contributed by atoms with van der Waals surface area (Å²) in [6.45, 7) is 5.46. The largest absolute Gasteiger partial charge is 0.367 e. The lowest BCUT2D eigenvalue weighted by Gasteiger charge is -2.51. The quantitative estimate of drug-likeness (QED) is 0.638. The summed E-state index contributed by atoms with van der Waals surface area (Å²) in [6.07, 6.45) is 6.57. The van der Waals surface area contributed by atoms with E-state index in [0.29, 0.717) is 36.1 Å². The number of likely N-dealkylation sites (tertiary alicyclic amines) is 1. The van der Waals surface area contributed by atoms with Gasteiger partial charge in [0.05, 0.1) is 26.8 Å². The Hall–Kier alpha value is -2.01. The van der Waals surface area contributed by atoms with Crippen molar-refractivity contribution in [3.05, 3.63) is 51.8 Å². The third-order valence-corrected chi connectivity index (χ3v) is 8.88. The van der Waals surface area contributed by atoms with E-state index in [4.69, 9.17) is 16.3 Å². The first-order valence-electron chi connectivity index (χ1n) is 11.7. The number of piperidine rings is 1. The molecule has 2 aromatic heterocycles. The Kier molecular flexibility index (Phi) is 6.67. The lowest BCUT2D eigenvalue weighted by Crippen LogP contribution is -2.61. The second-order valence-corrected chi connectivity index (χ2v) is 11.3. The number of carbonyl (C=O) groups is 1. The van der Waals surface area contributed by atoms with Crippen molar-refractivity contribution in [2.45, 2.75) is 56.6 Å². The number of allylic oxidation sites excluding steroid dienone is 1. The predicted octanol–water partition coefficient (Wildman–Crippen LogP) is 4.02. The number of amides is 1. The number of ether oxygens (including phenoxy) is 1. The fourth-order valence-corrected chi connectivity index (χ4v) is 7.01. The minimum absolute atomic E-state index is 0.106. The first-order valence-corrected chi connectivity index (χ1v) is 12.9. The molecule has 0 radical (unpaired) electrons. The van der Waals surface area contributed by atoms with Gasteiger partial charge in [-0.15, -0.1) is 11.8 Å². The van der Waals surface area contributed by atoms with Gasteiger partial charge >= 0.3 is 0 Å². The van der Waals surface area contributed by atoms with Crippen molar-refractivity contribution in [2.24, 2.45) is 5.92 Å². The van der Waals surface area contributed by atoms with Gasteiger partial charge in [0.1, 0.15) is 6.61 Å². The fraction of sp³-hybridized carbons (Fsp3) is 0.542. The molecule has 0 aromatic carbocycles. The minimum Gasteiger partial charge on any atom is -0.367 e. The number of hydrogen-bond donors (Lipinski definition) is 1. The molecule has 2 fully saturated rings. The molecule has 1 N–H and O–H groups in total. The van der Waals surface area contributed by atoms with Crippen LogP contribution in [0.15, 0.2) is 35.0 Å². The first-order chi connectivity index (χ1) is 16.7. The molecule has 3 aliphatic heterocycles. The van der Waals surface area contributed by atoms with Crippen LogP contribution in [-0.4, -0.2) is 62.0 Å². The minimum atomic E-state index is -2.88. The molecule has 2 atom stereocenters. The molecule has 2 aromatic rings. The van der Waals surface area contributed by atoms with Gasteiger partial charge in [0.2, 0.25) is 5.91 Å². The van der Waals surface area contributed by atoms with Crippen LogP contribution in [0.5, 0.6) is 0 Å². The molecule has 1 amide bonds. The van der Waals surface area contributed by atoms with E-state index in [-0.39, 0.29) is 11.2 Å². The average Bonchev–Trinajstić information content (AvgIpc) is 3.41. The number of carbonyl (C=O) groups excluding carboxylic acids is 1. The van der Waals surface area contributed by atoms with E-state index >= 15 is 0 Å². The maximum absolute atomic E-state index is 14.5. The van der Waals surface area contributed by atoms with Crippen LogP contribution in [0.2, 0.25) is 0 Å². The summed E-state index contributed by atoms with van der Waals surface area (Å²) in [5.41, 5.74) is 2.27. The van der Waals surface area contributed by atoms with E-state index in [1.165, 1.54) is 24.8 Å². The summed E-state index contributed by atoms with van der Waals surface area (Å²) in [7, 11) is 0. The predicted molar refractivity (Wildman–Crippen MR) is 131 cm³/mol. The van der Waals surface area contributed by atoms with Gasteiger partial charge in [-0.1, -0.05) is 17.7 Å². The summed E-state index contributed by atoms with van der Waals surface area (Å²) in [5, 5.41) is 7.13. The van der Waals surface area contributed by atoms with Crippen molar-refractivity contribution in [1.29, 1.82) is 0 Å². The summed E-state index contributed by atoms with van der Waals surface area (Å²) in [6, 6.07) is 3.75. The molecular weight excluding hydrogens is 496 g/mol. The van der Waals surface area contributed by atoms with E-state index in [1.54, 1.807) is 10.9 Å². The third kappa shape index (κ3) is 4.85. The van der Waals surface area contributed by atoms with Crippen molar-refractivity contribution >= 4 is 29.3 Å². The average molecular weight is 524 g/mol. The first kappa shape index (κ1) is 24.7. The molecule has 0 saturated carbocycles. The maximum atomic E-state index is 14.5. The second-order valence-electron chi connectivity index (χ2n) is 9.51. The van der Waals surface area contributed by atoms with Gasteiger partial charge in [-0.3, -0.25) is 9.69 Å². The fourth-order valence-electron chi connectivity index (χ4n) is 5.17. The van der Waals surface area contributed by atoms with Crippen LogP contribution in [-0.2, 0) is 22.6 Å². The van der Waals surface area contributed by atoms with Crippen molar-refractivity contribution < 1.29 is 18.3 Å². The molecule has 2 unspecified atom stereocenters. The Bertz CT molecular complexity index is 1150. The summed E-state index contributed by atoms with van der Waals surface area (Å²) in [4.78, 5) is 18.1. The molecule has 5 heterocycles. The molecule has 2 saturated heterocycles. The van der Waals surface area contributed by atoms with Gasteiger partial charge in [0.25, 0.3) is 5.92 Å². The highest BCUT2D eigenvalue weighted by Crippen LogP contribution is 2.56. The highest BCUT2D eigenvalue weighted by Gasteiger charge is 2.60. The molecule has 188 valence electrons. The molecule has 11 heteroatoms. The van der Waals surface area contributed by atoms with Crippen LogP contribution < -0.4 is 5.32 Å². The normalized spacial score (nSPS) is 25.3. The molecule has 3 aliphatic rings. The second kappa shape index (κ2) is 9.46. The lowest BCUT2D eigenvalue weighted by molar-refractivity contribution is -0.215. The van der Waals surface area contributed by atoms with E-state index < -0.39 is 24.0 Å². The third-order valence-electron chi connectivity index (χ3n) is 7.14. The number of hydrogen-bond acceptors (Lipinski definition) is 6. The van der Waals surface area contributed by atoms with Gasteiger partial charge < -0.3 is 10.1 Å². The number of fused-ring (bicyclic) bond motifs is 2. The molecule has 1 spiro atoms. The molecule has 35 heavy (non-hydrogen) atoms. The van der Waals surface area contributed by atoms with Gasteiger partial charge in [0, 0.05) is 56.6 Å². The van der Waals surface area contributed by atoms with Crippen LogP contribution in [0.1, 0.15) is 36.6 Å². The smallest absolute Gasteiger partial charge is 0.278 e. The Balaban J connectivity index is 1.26. The SMILES string of the molecule is CC(=O)NCc1cccnc1-n1cc(CN2CCC3(CC2)OCC(F)(F)C2C=C(Cl)SC23)c(C)n1. The number of aromatic nitrogens is 3. The molecule has 0 aliphatic carbocycles. The summed E-state index contributed by atoms with van der Waals surface area (Å²) < 4.78 is 37.0. The van der Waals surface area contributed by atoms with Gasteiger partial charge in [-0.25, -0.2) is 18.4 Å². The number of rotatable bonds is 5. The number of alkyl halides is 2. The van der Waals surface area contributed by atoms with Crippen LogP contribution in [0.3, 0.4) is 0 Å². The van der Waals surface area contributed by atoms with Gasteiger partial charge in [-0.2, -0.15) is 5.10 Å².